The molecule has 0 radical (unpaired) electrons. The molecule has 0 aliphatic carbocycles. The van der Waals surface area contributed by atoms with E-state index in [9.17, 15) is 13.5 Å². The lowest BCUT2D eigenvalue weighted by atomic mass is 9.89. The number of sulfonamides is 1. The Bertz CT molecular complexity index is 957. The average Bonchev–Trinajstić information content (AvgIpc) is 2.55. The van der Waals surface area contributed by atoms with Crippen LogP contribution in [0.3, 0.4) is 0 Å². The number of hydrogen-bond acceptors (Lipinski definition) is 5. The minimum Gasteiger partial charge on any atom is -0.506 e. The Morgan fingerprint density at radius 2 is 1.93 bits per heavy atom. The molecule has 1 aliphatic heterocycles. The van der Waals surface area contributed by atoms with E-state index in [0.717, 1.165) is 35.9 Å². The molecular weight excluding hydrogens is 411 g/mol. The second-order valence-electron chi connectivity index (χ2n) is 6.50. The summed E-state index contributed by atoms with van der Waals surface area (Å²) in [5.41, 5.74) is 2.98. The summed E-state index contributed by atoms with van der Waals surface area (Å²) in [4.78, 5) is 0. The lowest BCUT2D eigenvalue weighted by Crippen LogP contribution is -2.31. The highest BCUT2D eigenvalue weighted by Gasteiger charge is 2.23. The molecule has 3 rings (SSSR count). The molecule has 0 spiro atoms. The molecule has 0 aromatic heterocycles. The van der Waals surface area contributed by atoms with E-state index in [2.05, 4.69) is 10.0 Å². The molecule has 3 N–H and O–H groups in total. The number of phenols is 1. The van der Waals surface area contributed by atoms with E-state index in [1.807, 2.05) is 0 Å². The van der Waals surface area contributed by atoms with E-state index in [-0.39, 0.29) is 17.5 Å². The van der Waals surface area contributed by atoms with Crippen LogP contribution in [-0.4, -0.2) is 33.4 Å². The van der Waals surface area contributed by atoms with Gasteiger partial charge in [-0.25, -0.2) is 8.42 Å². The fraction of sp³-hybridized carbons (Fsp3) is 0.333. The molecule has 146 valence electrons. The van der Waals surface area contributed by atoms with Crippen LogP contribution in [0.1, 0.15) is 22.7 Å². The highest BCUT2D eigenvalue weighted by Crippen LogP contribution is 2.37. The number of methoxy groups -OCH3 is 1. The highest BCUT2D eigenvalue weighted by atomic mass is 35.5. The maximum atomic E-state index is 11.5. The minimum atomic E-state index is -3.50. The van der Waals surface area contributed by atoms with Crippen molar-refractivity contribution in [1.82, 2.24) is 5.32 Å². The largest absolute Gasteiger partial charge is 0.506 e. The molecule has 1 unspecified atom stereocenters. The molecule has 0 amide bonds. The zero-order valence-corrected chi connectivity index (χ0v) is 17.2. The Morgan fingerprint density at radius 3 is 2.52 bits per heavy atom. The van der Waals surface area contributed by atoms with Crippen LogP contribution in [0, 0.1) is 0 Å². The Morgan fingerprint density at radius 1 is 1.26 bits per heavy atom. The summed E-state index contributed by atoms with van der Waals surface area (Å²) in [5, 5.41) is 14.4. The number of ether oxygens (including phenoxy) is 1. The van der Waals surface area contributed by atoms with Crippen LogP contribution in [0.25, 0.3) is 0 Å². The third-order valence-corrected chi connectivity index (χ3v) is 5.57. The molecule has 2 aromatic rings. The average molecular weight is 431 g/mol. The van der Waals surface area contributed by atoms with Gasteiger partial charge in [0.2, 0.25) is 10.0 Å². The first-order valence-electron chi connectivity index (χ1n) is 8.27. The second-order valence-corrected chi connectivity index (χ2v) is 9.06. The first kappa shape index (κ1) is 20.1. The summed E-state index contributed by atoms with van der Waals surface area (Å²) >= 11 is 12.5. The molecule has 1 heterocycles. The predicted octanol–water partition coefficient (Wildman–Crippen LogP) is 3.51. The maximum absolute atomic E-state index is 11.5. The molecule has 27 heavy (non-hydrogen) atoms. The molecule has 1 aliphatic rings. The molecule has 2 aromatic carbocycles. The van der Waals surface area contributed by atoms with Crippen molar-refractivity contribution in [3.8, 4) is 11.5 Å². The Labute approximate surface area is 168 Å². The third kappa shape index (κ3) is 4.60. The topological polar surface area (TPSA) is 87.7 Å². The van der Waals surface area contributed by atoms with Gasteiger partial charge in [-0.3, -0.25) is 4.72 Å². The molecule has 6 nitrogen and oxygen atoms in total. The van der Waals surface area contributed by atoms with Gasteiger partial charge in [-0.2, -0.15) is 0 Å². The van der Waals surface area contributed by atoms with Crippen molar-refractivity contribution < 1.29 is 18.3 Å². The number of nitrogens with one attached hydrogen (secondary N) is 2. The zero-order chi connectivity index (χ0) is 19.8. The first-order valence-corrected chi connectivity index (χ1v) is 10.9. The second kappa shape index (κ2) is 7.75. The smallest absolute Gasteiger partial charge is 0.229 e. The third-order valence-electron chi connectivity index (χ3n) is 4.42. The fourth-order valence-electron chi connectivity index (χ4n) is 3.30. The van der Waals surface area contributed by atoms with Crippen LogP contribution < -0.4 is 14.8 Å². The van der Waals surface area contributed by atoms with E-state index < -0.39 is 10.0 Å². The van der Waals surface area contributed by atoms with E-state index in [4.69, 9.17) is 27.9 Å². The van der Waals surface area contributed by atoms with E-state index in [0.29, 0.717) is 22.2 Å². The minimum absolute atomic E-state index is 0.0741. The standard InChI is InChI=1S/C18H20Cl2N2O4S/c1-26-18-13(19)5-10(6-14(18)20)7-15-12-9-16(22-27(2,24)25)17(23)8-11(12)3-4-21-15/h5-6,8-9,15,21-23H,3-4,7H2,1-2H3. The summed E-state index contributed by atoms with van der Waals surface area (Å²) in [6, 6.07) is 6.83. The van der Waals surface area contributed by atoms with Gasteiger partial charge in [0.1, 0.15) is 5.75 Å². The molecule has 0 saturated heterocycles. The first-order chi connectivity index (χ1) is 12.7. The van der Waals surface area contributed by atoms with Gasteiger partial charge in [0.05, 0.1) is 29.1 Å². The van der Waals surface area contributed by atoms with Crippen LogP contribution in [0.15, 0.2) is 24.3 Å². The molecule has 9 heteroatoms. The summed E-state index contributed by atoms with van der Waals surface area (Å²) in [7, 11) is -1.99. The van der Waals surface area contributed by atoms with Crippen LogP contribution >= 0.6 is 23.2 Å². The lowest BCUT2D eigenvalue weighted by molar-refractivity contribution is 0.415. The van der Waals surface area contributed by atoms with E-state index in [1.54, 1.807) is 24.3 Å². The van der Waals surface area contributed by atoms with Crippen LogP contribution in [0.4, 0.5) is 5.69 Å². The summed E-state index contributed by atoms with van der Waals surface area (Å²) in [6.07, 6.45) is 2.38. The van der Waals surface area contributed by atoms with Crippen LogP contribution in [-0.2, 0) is 22.9 Å². The van der Waals surface area contributed by atoms with Crippen molar-refractivity contribution in [1.29, 1.82) is 0 Å². The number of benzene rings is 2. The van der Waals surface area contributed by atoms with Crippen molar-refractivity contribution >= 4 is 38.9 Å². The number of fused-ring (bicyclic) bond motifs is 1. The van der Waals surface area contributed by atoms with Crippen molar-refractivity contribution in [2.75, 3.05) is 24.6 Å². The molecule has 1 atom stereocenters. The van der Waals surface area contributed by atoms with Gasteiger partial charge < -0.3 is 15.2 Å². The van der Waals surface area contributed by atoms with Gasteiger partial charge >= 0.3 is 0 Å². The highest BCUT2D eigenvalue weighted by molar-refractivity contribution is 7.92. The van der Waals surface area contributed by atoms with Crippen molar-refractivity contribution in [2.45, 2.75) is 18.9 Å². The number of hydrogen-bond donors (Lipinski definition) is 3. The van der Waals surface area contributed by atoms with Gasteiger partial charge in [0, 0.05) is 6.04 Å². The van der Waals surface area contributed by atoms with Gasteiger partial charge in [0.25, 0.3) is 0 Å². The Kier molecular flexibility index (Phi) is 5.76. The number of aromatic hydroxyl groups is 1. The molecule has 0 fully saturated rings. The van der Waals surface area contributed by atoms with Crippen LogP contribution in [0.2, 0.25) is 10.0 Å². The van der Waals surface area contributed by atoms with Crippen molar-refractivity contribution in [3.63, 3.8) is 0 Å². The number of phenolic OH excluding ortho intramolecular Hbond substituents is 1. The lowest BCUT2D eigenvalue weighted by Gasteiger charge is -2.28. The summed E-state index contributed by atoms with van der Waals surface area (Å²) in [6.45, 7) is 0.744. The molecular formula is C18H20Cl2N2O4S. The quantitative estimate of drug-likeness (QED) is 0.631. The predicted molar refractivity (Wildman–Crippen MR) is 108 cm³/mol. The Balaban J connectivity index is 1.95. The number of anilines is 1. The number of halogens is 2. The maximum Gasteiger partial charge on any atom is 0.229 e. The molecule has 0 bridgehead atoms. The Hall–Kier alpha value is -1.67. The zero-order valence-electron chi connectivity index (χ0n) is 14.8. The molecule has 0 saturated carbocycles. The summed E-state index contributed by atoms with van der Waals surface area (Å²) < 4.78 is 30.6. The van der Waals surface area contributed by atoms with Crippen molar-refractivity contribution in [2.24, 2.45) is 0 Å². The number of rotatable bonds is 5. The van der Waals surface area contributed by atoms with E-state index in [1.165, 1.54) is 7.11 Å². The van der Waals surface area contributed by atoms with Gasteiger partial charge in [-0.05, 0) is 60.3 Å². The normalized spacial score (nSPS) is 16.7. The van der Waals surface area contributed by atoms with Gasteiger partial charge in [-0.15, -0.1) is 0 Å². The van der Waals surface area contributed by atoms with Crippen LogP contribution in [0.5, 0.6) is 11.5 Å². The van der Waals surface area contributed by atoms with Gasteiger partial charge in [-0.1, -0.05) is 23.2 Å². The van der Waals surface area contributed by atoms with Crippen molar-refractivity contribution in [3.05, 3.63) is 51.0 Å². The SMILES string of the molecule is COc1c(Cl)cc(CC2NCCc3cc(O)c(NS(C)(=O)=O)cc32)cc1Cl. The summed E-state index contributed by atoms with van der Waals surface area (Å²) in [5.74, 6) is 0.346. The monoisotopic (exact) mass is 430 g/mol. The fourth-order valence-corrected chi connectivity index (χ4v) is 4.55. The van der Waals surface area contributed by atoms with Gasteiger partial charge in [0.15, 0.2) is 5.75 Å². The van der Waals surface area contributed by atoms with E-state index >= 15 is 0 Å².